The molecule has 0 saturated carbocycles. The molecule has 1 aliphatic heterocycles. The third kappa shape index (κ3) is 3.11. The fourth-order valence-electron chi connectivity index (χ4n) is 2.85. The molecule has 1 aliphatic rings. The zero-order valence-electron chi connectivity index (χ0n) is 13.0. The van der Waals surface area contributed by atoms with E-state index >= 15 is 0 Å². The van der Waals surface area contributed by atoms with Crippen LogP contribution in [0.15, 0.2) is 12.1 Å². The lowest BCUT2D eigenvalue weighted by atomic mass is 9.83. The average molecular weight is 261 g/mol. The summed E-state index contributed by atoms with van der Waals surface area (Å²) in [6.45, 7) is 13.0. The second-order valence-electron chi connectivity index (χ2n) is 6.58. The van der Waals surface area contributed by atoms with Gasteiger partial charge >= 0.3 is 0 Å². The first kappa shape index (κ1) is 14.4. The number of nitrogens with one attached hydrogen (secondary N) is 1. The number of ether oxygens (including phenoxy) is 1. The average Bonchev–Trinajstić information content (AvgIpc) is 2.51. The maximum atomic E-state index is 6.10. The fraction of sp³-hybridized carbons (Fsp3) is 0.647. The van der Waals surface area contributed by atoms with Crippen molar-refractivity contribution in [2.75, 3.05) is 13.2 Å². The maximum absolute atomic E-state index is 6.10. The van der Waals surface area contributed by atoms with Crippen LogP contribution in [0.4, 0.5) is 0 Å². The highest BCUT2D eigenvalue weighted by molar-refractivity contribution is 5.49. The van der Waals surface area contributed by atoms with Crippen LogP contribution in [-0.2, 0) is 5.41 Å². The Kier molecular flexibility index (Phi) is 4.19. The standard InChI is InChI=1S/C17H27NO/c1-6-18-15-8-7-9-19-16-13(15)10-12(2)11-14(16)17(3,4)5/h10-11,15,18H,6-9H2,1-5H3. The van der Waals surface area contributed by atoms with Crippen LogP contribution in [0.25, 0.3) is 0 Å². The molecule has 0 aromatic heterocycles. The van der Waals surface area contributed by atoms with Crippen molar-refractivity contribution >= 4 is 0 Å². The predicted molar refractivity (Wildman–Crippen MR) is 81.0 cm³/mol. The van der Waals surface area contributed by atoms with Gasteiger partial charge in [-0.15, -0.1) is 0 Å². The highest BCUT2D eigenvalue weighted by atomic mass is 16.5. The molecule has 1 N–H and O–H groups in total. The van der Waals surface area contributed by atoms with E-state index in [2.05, 4.69) is 52.1 Å². The minimum atomic E-state index is 0.122. The molecule has 106 valence electrons. The molecule has 1 aromatic rings. The summed E-state index contributed by atoms with van der Waals surface area (Å²) >= 11 is 0. The number of hydrogen-bond acceptors (Lipinski definition) is 2. The number of hydrogen-bond donors (Lipinski definition) is 1. The summed E-state index contributed by atoms with van der Waals surface area (Å²) in [5.74, 6) is 1.13. The molecule has 0 bridgehead atoms. The largest absolute Gasteiger partial charge is 0.493 e. The van der Waals surface area contributed by atoms with E-state index in [4.69, 9.17) is 4.74 Å². The van der Waals surface area contributed by atoms with Crippen LogP contribution < -0.4 is 10.1 Å². The van der Waals surface area contributed by atoms with E-state index in [0.717, 1.165) is 31.7 Å². The molecular weight excluding hydrogens is 234 g/mol. The first-order valence-electron chi connectivity index (χ1n) is 7.44. The van der Waals surface area contributed by atoms with E-state index in [1.54, 1.807) is 0 Å². The quantitative estimate of drug-likeness (QED) is 0.865. The van der Waals surface area contributed by atoms with E-state index in [1.165, 1.54) is 16.7 Å². The summed E-state index contributed by atoms with van der Waals surface area (Å²) in [6, 6.07) is 5.01. The van der Waals surface area contributed by atoms with E-state index in [-0.39, 0.29) is 5.41 Å². The number of benzene rings is 1. The zero-order valence-corrected chi connectivity index (χ0v) is 13.0. The molecule has 0 amide bonds. The summed E-state index contributed by atoms with van der Waals surface area (Å²) in [6.07, 6.45) is 2.28. The van der Waals surface area contributed by atoms with Crippen molar-refractivity contribution in [2.45, 2.75) is 58.9 Å². The molecule has 1 atom stereocenters. The number of fused-ring (bicyclic) bond motifs is 1. The van der Waals surface area contributed by atoms with Gasteiger partial charge in [0, 0.05) is 17.2 Å². The van der Waals surface area contributed by atoms with Gasteiger partial charge in [0.25, 0.3) is 0 Å². The summed E-state index contributed by atoms with van der Waals surface area (Å²) in [4.78, 5) is 0. The molecule has 2 rings (SSSR count). The summed E-state index contributed by atoms with van der Waals surface area (Å²) < 4.78 is 6.10. The predicted octanol–water partition coefficient (Wildman–Crippen LogP) is 4.12. The highest BCUT2D eigenvalue weighted by Gasteiger charge is 2.27. The molecular formula is C17H27NO. The smallest absolute Gasteiger partial charge is 0.127 e. The van der Waals surface area contributed by atoms with Gasteiger partial charge in [-0.1, -0.05) is 45.4 Å². The first-order chi connectivity index (χ1) is 8.93. The van der Waals surface area contributed by atoms with Crippen LogP contribution >= 0.6 is 0 Å². The van der Waals surface area contributed by atoms with Crippen LogP contribution in [-0.4, -0.2) is 13.2 Å². The van der Waals surface area contributed by atoms with Crippen molar-refractivity contribution in [2.24, 2.45) is 0 Å². The normalized spacial score (nSPS) is 19.5. The van der Waals surface area contributed by atoms with Crippen LogP contribution in [0.5, 0.6) is 5.75 Å². The Morgan fingerprint density at radius 1 is 1.32 bits per heavy atom. The Labute approximate surface area is 117 Å². The minimum Gasteiger partial charge on any atom is -0.493 e. The highest BCUT2D eigenvalue weighted by Crippen LogP contribution is 2.40. The third-order valence-electron chi connectivity index (χ3n) is 3.78. The first-order valence-corrected chi connectivity index (χ1v) is 7.44. The molecule has 2 nitrogen and oxygen atoms in total. The van der Waals surface area contributed by atoms with Gasteiger partial charge in [-0.3, -0.25) is 0 Å². The Balaban J connectivity index is 2.55. The summed E-state index contributed by atoms with van der Waals surface area (Å²) in [5, 5.41) is 3.61. The second-order valence-corrected chi connectivity index (χ2v) is 6.58. The van der Waals surface area contributed by atoms with E-state index in [1.807, 2.05) is 0 Å². The van der Waals surface area contributed by atoms with Crippen molar-refractivity contribution in [3.8, 4) is 5.75 Å². The Morgan fingerprint density at radius 3 is 2.68 bits per heavy atom. The van der Waals surface area contributed by atoms with Crippen LogP contribution in [0, 0.1) is 6.92 Å². The molecule has 0 fully saturated rings. The van der Waals surface area contributed by atoms with E-state index in [0.29, 0.717) is 6.04 Å². The van der Waals surface area contributed by atoms with Gasteiger partial charge < -0.3 is 10.1 Å². The zero-order chi connectivity index (χ0) is 14.0. The SMILES string of the molecule is CCNC1CCCOc2c1cc(C)cc2C(C)(C)C. The van der Waals surface area contributed by atoms with Crippen molar-refractivity contribution in [3.05, 3.63) is 28.8 Å². The topological polar surface area (TPSA) is 21.3 Å². The molecule has 1 heterocycles. The number of rotatable bonds is 2. The molecule has 0 radical (unpaired) electrons. The molecule has 0 aliphatic carbocycles. The molecule has 19 heavy (non-hydrogen) atoms. The fourth-order valence-corrected chi connectivity index (χ4v) is 2.85. The molecule has 1 unspecified atom stereocenters. The van der Waals surface area contributed by atoms with Crippen LogP contribution in [0.2, 0.25) is 0 Å². The molecule has 0 saturated heterocycles. The van der Waals surface area contributed by atoms with Crippen LogP contribution in [0.1, 0.15) is 63.3 Å². The van der Waals surface area contributed by atoms with Crippen molar-refractivity contribution < 1.29 is 4.74 Å². The van der Waals surface area contributed by atoms with Gasteiger partial charge in [-0.2, -0.15) is 0 Å². The van der Waals surface area contributed by atoms with Gasteiger partial charge in [-0.05, 0) is 31.7 Å². The maximum Gasteiger partial charge on any atom is 0.127 e. The van der Waals surface area contributed by atoms with Crippen molar-refractivity contribution in [1.82, 2.24) is 5.32 Å². The second kappa shape index (κ2) is 5.54. The summed E-state index contributed by atoms with van der Waals surface area (Å²) in [7, 11) is 0. The Bertz CT molecular complexity index is 445. The molecule has 2 heteroatoms. The lowest BCUT2D eigenvalue weighted by Gasteiger charge is -2.27. The van der Waals surface area contributed by atoms with Crippen LogP contribution in [0.3, 0.4) is 0 Å². The van der Waals surface area contributed by atoms with Crippen molar-refractivity contribution in [3.63, 3.8) is 0 Å². The van der Waals surface area contributed by atoms with Crippen molar-refractivity contribution in [1.29, 1.82) is 0 Å². The van der Waals surface area contributed by atoms with Gasteiger partial charge in [-0.25, -0.2) is 0 Å². The Morgan fingerprint density at radius 2 is 2.05 bits per heavy atom. The molecule has 1 aromatic carbocycles. The molecule has 0 spiro atoms. The number of aryl methyl sites for hydroxylation is 1. The van der Waals surface area contributed by atoms with E-state index < -0.39 is 0 Å². The van der Waals surface area contributed by atoms with Gasteiger partial charge in [0.15, 0.2) is 0 Å². The third-order valence-corrected chi connectivity index (χ3v) is 3.78. The van der Waals surface area contributed by atoms with Gasteiger partial charge in [0.05, 0.1) is 6.61 Å². The van der Waals surface area contributed by atoms with E-state index in [9.17, 15) is 0 Å². The lowest BCUT2D eigenvalue weighted by molar-refractivity contribution is 0.307. The van der Waals surface area contributed by atoms with Gasteiger partial charge in [0.1, 0.15) is 5.75 Å². The Hall–Kier alpha value is -1.02. The summed E-state index contributed by atoms with van der Waals surface area (Å²) in [5.41, 5.74) is 4.14. The lowest BCUT2D eigenvalue weighted by Crippen LogP contribution is -2.22. The monoisotopic (exact) mass is 261 g/mol. The minimum absolute atomic E-state index is 0.122. The van der Waals surface area contributed by atoms with Gasteiger partial charge in [0.2, 0.25) is 0 Å².